The van der Waals surface area contributed by atoms with Crippen LogP contribution in [0.4, 0.5) is 0 Å². The molecule has 2 rings (SSSR count). The molecule has 0 radical (unpaired) electrons. The van der Waals surface area contributed by atoms with Crippen LogP contribution in [0.2, 0.25) is 0 Å². The number of hydrogen-bond donors (Lipinski definition) is 2. The third-order valence-electron chi connectivity index (χ3n) is 4.52. The van der Waals surface area contributed by atoms with E-state index in [-0.39, 0.29) is 4.75 Å². The van der Waals surface area contributed by atoms with Gasteiger partial charge in [0.15, 0.2) is 5.96 Å². The second-order valence-corrected chi connectivity index (χ2v) is 8.41. The maximum absolute atomic E-state index is 5.44. The average Bonchev–Trinajstić information content (AvgIpc) is 2.64. The number of nitrogens with one attached hydrogen (secondary N) is 2. The Morgan fingerprint density at radius 1 is 1.20 bits per heavy atom. The highest BCUT2D eigenvalue weighted by Gasteiger charge is 2.16. The molecule has 1 aromatic rings. The van der Waals surface area contributed by atoms with Gasteiger partial charge in [0.05, 0.1) is 13.2 Å². The number of thioether (sulfide) groups is 1. The van der Waals surface area contributed by atoms with Gasteiger partial charge in [-0.05, 0) is 31.2 Å². The zero-order chi connectivity index (χ0) is 18.1. The Kier molecular flexibility index (Phi) is 8.06. The molecule has 0 bridgehead atoms. The molecule has 0 saturated carbocycles. The number of ether oxygens (including phenoxy) is 1. The lowest BCUT2D eigenvalue weighted by molar-refractivity contribution is 0.0341. The first-order valence-corrected chi connectivity index (χ1v) is 10.1. The van der Waals surface area contributed by atoms with Crippen LogP contribution in [0.15, 0.2) is 29.3 Å². The highest BCUT2D eigenvalue weighted by molar-refractivity contribution is 7.99. The maximum Gasteiger partial charge on any atom is 0.191 e. The first kappa shape index (κ1) is 20.1. The van der Waals surface area contributed by atoms with E-state index in [1.54, 1.807) is 0 Å². The van der Waals surface area contributed by atoms with Crippen molar-refractivity contribution >= 4 is 17.7 Å². The Balaban J connectivity index is 1.90. The van der Waals surface area contributed by atoms with Gasteiger partial charge >= 0.3 is 0 Å². The van der Waals surface area contributed by atoms with Gasteiger partial charge in [0.25, 0.3) is 0 Å². The van der Waals surface area contributed by atoms with E-state index in [0.717, 1.165) is 51.9 Å². The predicted octanol–water partition coefficient (Wildman–Crippen LogP) is 2.33. The summed E-state index contributed by atoms with van der Waals surface area (Å²) in [4.78, 5) is 6.80. The van der Waals surface area contributed by atoms with Crippen LogP contribution in [-0.2, 0) is 17.8 Å². The Labute approximate surface area is 156 Å². The fourth-order valence-corrected chi connectivity index (χ4v) is 2.87. The predicted molar refractivity (Wildman–Crippen MR) is 108 cm³/mol. The van der Waals surface area contributed by atoms with Crippen LogP contribution in [0.5, 0.6) is 0 Å². The minimum atomic E-state index is 0.186. The maximum atomic E-state index is 5.44. The molecule has 140 valence electrons. The van der Waals surface area contributed by atoms with Gasteiger partial charge in [-0.15, -0.1) is 0 Å². The van der Waals surface area contributed by atoms with Crippen molar-refractivity contribution in [2.45, 2.75) is 31.7 Å². The number of benzene rings is 1. The summed E-state index contributed by atoms with van der Waals surface area (Å²) in [5.74, 6) is 0.850. The number of hydrogen-bond acceptors (Lipinski definition) is 4. The molecule has 0 aromatic heterocycles. The van der Waals surface area contributed by atoms with Crippen molar-refractivity contribution < 1.29 is 4.74 Å². The second-order valence-electron chi connectivity index (χ2n) is 6.90. The molecule has 0 aliphatic carbocycles. The molecule has 2 N–H and O–H groups in total. The molecule has 1 saturated heterocycles. The molecule has 6 heteroatoms. The monoisotopic (exact) mass is 364 g/mol. The van der Waals surface area contributed by atoms with E-state index in [1.165, 1.54) is 11.1 Å². The number of guanidine groups is 1. The minimum Gasteiger partial charge on any atom is -0.379 e. The summed E-state index contributed by atoms with van der Waals surface area (Å²) in [7, 11) is 1.82. The fraction of sp³-hybridized carbons (Fsp3) is 0.632. The molecule has 1 aromatic carbocycles. The lowest BCUT2D eigenvalue weighted by Crippen LogP contribution is -2.43. The molecular formula is C19H32N4OS. The molecule has 25 heavy (non-hydrogen) atoms. The molecular weight excluding hydrogens is 332 g/mol. The van der Waals surface area contributed by atoms with Crippen LogP contribution < -0.4 is 10.6 Å². The van der Waals surface area contributed by atoms with E-state index in [4.69, 9.17) is 4.74 Å². The minimum absolute atomic E-state index is 0.186. The van der Waals surface area contributed by atoms with E-state index in [9.17, 15) is 0 Å². The van der Waals surface area contributed by atoms with Gasteiger partial charge < -0.3 is 15.4 Å². The van der Waals surface area contributed by atoms with E-state index >= 15 is 0 Å². The third kappa shape index (κ3) is 6.88. The van der Waals surface area contributed by atoms with Crippen LogP contribution in [0.25, 0.3) is 0 Å². The first-order valence-electron chi connectivity index (χ1n) is 8.90. The van der Waals surface area contributed by atoms with Crippen molar-refractivity contribution in [1.82, 2.24) is 15.5 Å². The Morgan fingerprint density at radius 2 is 1.88 bits per heavy atom. The van der Waals surface area contributed by atoms with Crippen LogP contribution in [0.3, 0.4) is 0 Å². The van der Waals surface area contributed by atoms with Gasteiger partial charge in [-0.2, -0.15) is 11.8 Å². The topological polar surface area (TPSA) is 48.9 Å². The molecule has 5 nitrogen and oxygen atoms in total. The number of morpholine rings is 1. The van der Waals surface area contributed by atoms with Gasteiger partial charge in [-0.3, -0.25) is 9.89 Å². The van der Waals surface area contributed by atoms with E-state index in [0.29, 0.717) is 0 Å². The number of aliphatic imine (C=N–C) groups is 1. The van der Waals surface area contributed by atoms with E-state index < -0.39 is 0 Å². The number of nitrogens with zero attached hydrogens (tertiary/aromatic N) is 2. The van der Waals surface area contributed by atoms with Crippen molar-refractivity contribution in [2.75, 3.05) is 46.2 Å². The molecule has 0 spiro atoms. The molecule has 0 amide bonds. The van der Waals surface area contributed by atoms with Crippen molar-refractivity contribution in [2.24, 2.45) is 4.99 Å². The van der Waals surface area contributed by atoms with Gasteiger partial charge in [0, 0.05) is 44.5 Å². The molecule has 1 aliphatic rings. The standard InChI is InChI=1S/C19H32N4OS/c1-19(2,25-4)15-22-18(20-3)21-13-16-7-5-6-8-17(16)14-23-9-11-24-12-10-23/h5-8H,9-15H2,1-4H3,(H2,20,21,22). The molecule has 0 unspecified atom stereocenters. The summed E-state index contributed by atoms with van der Waals surface area (Å²) in [5, 5.41) is 6.87. The van der Waals surface area contributed by atoms with Crippen molar-refractivity contribution in [3.8, 4) is 0 Å². The SMILES string of the molecule is CN=C(NCc1ccccc1CN1CCOCC1)NCC(C)(C)SC. The average molecular weight is 365 g/mol. The summed E-state index contributed by atoms with van der Waals surface area (Å²) in [6, 6.07) is 8.64. The summed E-state index contributed by atoms with van der Waals surface area (Å²) < 4.78 is 5.63. The zero-order valence-corrected chi connectivity index (χ0v) is 16.8. The Morgan fingerprint density at radius 3 is 2.52 bits per heavy atom. The fourth-order valence-electron chi connectivity index (χ4n) is 2.65. The van der Waals surface area contributed by atoms with Gasteiger partial charge in [-0.25, -0.2) is 0 Å². The summed E-state index contributed by atoms with van der Waals surface area (Å²) in [6.45, 7) is 10.8. The summed E-state index contributed by atoms with van der Waals surface area (Å²) in [6.07, 6.45) is 2.14. The second kappa shape index (κ2) is 10.0. The van der Waals surface area contributed by atoms with Crippen LogP contribution >= 0.6 is 11.8 Å². The smallest absolute Gasteiger partial charge is 0.191 e. The van der Waals surface area contributed by atoms with Crippen molar-refractivity contribution in [1.29, 1.82) is 0 Å². The lowest BCUT2D eigenvalue weighted by Gasteiger charge is -2.27. The molecule has 0 atom stereocenters. The van der Waals surface area contributed by atoms with Crippen LogP contribution in [0, 0.1) is 0 Å². The van der Waals surface area contributed by atoms with Crippen molar-refractivity contribution in [3.05, 3.63) is 35.4 Å². The van der Waals surface area contributed by atoms with Gasteiger partial charge in [0.1, 0.15) is 0 Å². The largest absolute Gasteiger partial charge is 0.379 e. The first-order chi connectivity index (χ1) is 12.0. The molecule has 1 fully saturated rings. The van der Waals surface area contributed by atoms with E-state index in [2.05, 4.69) is 64.9 Å². The Bertz CT molecular complexity index is 556. The quantitative estimate of drug-likeness (QED) is 0.574. The highest BCUT2D eigenvalue weighted by Crippen LogP contribution is 2.19. The summed E-state index contributed by atoms with van der Waals surface area (Å²) >= 11 is 1.85. The number of rotatable bonds is 7. The van der Waals surface area contributed by atoms with Crippen LogP contribution in [0.1, 0.15) is 25.0 Å². The van der Waals surface area contributed by atoms with Crippen LogP contribution in [-0.4, -0.2) is 61.8 Å². The van der Waals surface area contributed by atoms with E-state index in [1.807, 2.05) is 18.8 Å². The zero-order valence-electron chi connectivity index (χ0n) is 16.0. The summed E-state index contributed by atoms with van der Waals surface area (Å²) in [5.41, 5.74) is 2.69. The molecule has 1 heterocycles. The third-order valence-corrected chi connectivity index (χ3v) is 5.77. The van der Waals surface area contributed by atoms with Gasteiger partial charge in [0.2, 0.25) is 0 Å². The molecule has 1 aliphatic heterocycles. The highest BCUT2D eigenvalue weighted by atomic mass is 32.2. The normalized spacial score (nSPS) is 16.7. The Hall–Kier alpha value is -1.24. The van der Waals surface area contributed by atoms with Crippen molar-refractivity contribution in [3.63, 3.8) is 0 Å². The lowest BCUT2D eigenvalue weighted by atomic mass is 10.1. The van der Waals surface area contributed by atoms with Gasteiger partial charge in [-0.1, -0.05) is 24.3 Å².